The minimum atomic E-state index is -0.175. The highest BCUT2D eigenvalue weighted by molar-refractivity contribution is 6.04. The molecule has 1 aromatic carbocycles. The van der Waals surface area contributed by atoms with E-state index in [0.717, 1.165) is 42.5 Å². The Balaban J connectivity index is 1.52. The first kappa shape index (κ1) is 22.0. The van der Waals surface area contributed by atoms with Crippen LogP contribution < -0.4 is 5.32 Å². The normalized spacial score (nSPS) is 14.4. The molecular formula is C25H31N5O2. The van der Waals surface area contributed by atoms with Gasteiger partial charge in [0.1, 0.15) is 5.78 Å². The Bertz CT molecular complexity index is 1050. The van der Waals surface area contributed by atoms with Gasteiger partial charge in [-0.05, 0) is 43.4 Å². The Kier molecular flexibility index (Phi) is 7.14. The second-order valence-corrected chi connectivity index (χ2v) is 8.52. The molecule has 32 heavy (non-hydrogen) atoms. The highest BCUT2D eigenvalue weighted by Gasteiger charge is 2.21. The molecule has 0 atom stereocenters. The Hall–Kier alpha value is -3.22. The van der Waals surface area contributed by atoms with Gasteiger partial charge in [0.05, 0.1) is 11.9 Å². The maximum Gasteiger partial charge on any atom is 0.257 e. The van der Waals surface area contributed by atoms with Crippen molar-refractivity contribution in [2.45, 2.75) is 70.8 Å². The minimum Gasteiger partial charge on any atom is -0.314 e. The Morgan fingerprint density at radius 2 is 2.03 bits per heavy atom. The zero-order valence-electron chi connectivity index (χ0n) is 18.6. The molecule has 2 N–H and O–H groups in total. The minimum absolute atomic E-state index is 0.175. The molecular weight excluding hydrogens is 402 g/mol. The fourth-order valence-electron chi connectivity index (χ4n) is 4.36. The number of ketones is 1. The second-order valence-electron chi connectivity index (χ2n) is 8.52. The van der Waals surface area contributed by atoms with Crippen molar-refractivity contribution in [1.29, 1.82) is 0 Å². The molecule has 7 heteroatoms. The summed E-state index contributed by atoms with van der Waals surface area (Å²) in [7, 11) is 0. The molecule has 7 nitrogen and oxygen atoms in total. The lowest BCUT2D eigenvalue weighted by Crippen LogP contribution is -2.19. The molecule has 0 bridgehead atoms. The van der Waals surface area contributed by atoms with Crippen LogP contribution in [0.5, 0.6) is 0 Å². The number of aromatic amines is 1. The lowest BCUT2D eigenvalue weighted by Gasteiger charge is -2.24. The molecule has 4 rings (SSSR count). The molecule has 2 heterocycles. The first-order valence-corrected chi connectivity index (χ1v) is 11.6. The van der Waals surface area contributed by atoms with Crippen molar-refractivity contribution in [1.82, 2.24) is 19.7 Å². The lowest BCUT2D eigenvalue weighted by molar-refractivity contribution is -0.118. The maximum atomic E-state index is 13.1. The van der Waals surface area contributed by atoms with Crippen molar-refractivity contribution >= 4 is 17.6 Å². The van der Waals surface area contributed by atoms with Crippen molar-refractivity contribution in [3.05, 3.63) is 54.1 Å². The summed E-state index contributed by atoms with van der Waals surface area (Å²) in [5.41, 5.74) is 3.38. The molecule has 168 valence electrons. The van der Waals surface area contributed by atoms with Crippen molar-refractivity contribution in [3.63, 3.8) is 0 Å². The summed E-state index contributed by atoms with van der Waals surface area (Å²) < 4.78 is 2.15. The van der Waals surface area contributed by atoms with Crippen LogP contribution in [-0.2, 0) is 11.2 Å². The van der Waals surface area contributed by atoms with Crippen LogP contribution in [0.25, 0.3) is 11.1 Å². The smallest absolute Gasteiger partial charge is 0.257 e. The molecule has 2 aromatic heterocycles. The number of nitrogens with one attached hydrogen (secondary N) is 2. The number of H-pyrrole nitrogens is 1. The van der Waals surface area contributed by atoms with Gasteiger partial charge in [0.25, 0.3) is 5.91 Å². The highest BCUT2D eigenvalue weighted by Crippen LogP contribution is 2.31. The molecule has 3 aromatic rings. The van der Waals surface area contributed by atoms with Gasteiger partial charge in [-0.25, -0.2) is 4.98 Å². The average molecular weight is 434 g/mol. The Morgan fingerprint density at radius 1 is 1.19 bits per heavy atom. The van der Waals surface area contributed by atoms with E-state index in [1.54, 1.807) is 6.20 Å². The number of aromatic nitrogens is 4. The van der Waals surface area contributed by atoms with Gasteiger partial charge >= 0.3 is 0 Å². The van der Waals surface area contributed by atoms with E-state index < -0.39 is 0 Å². The predicted octanol–water partition coefficient (Wildman–Crippen LogP) is 5.33. The van der Waals surface area contributed by atoms with E-state index in [1.165, 1.54) is 19.3 Å². The standard InChI is InChI=1S/C25H31N5O2/c1-2-23(31)13-7-10-21-17-30(22-11-4-3-5-12-22)25(28-21)29-24(32)19-9-6-8-18(14-19)20-15-26-27-16-20/h6,8-9,14-17,22H,2-5,7,10-13H2,1H3,(H,26,27)(H,28,29,32). The Labute approximate surface area is 188 Å². The quantitative estimate of drug-likeness (QED) is 0.477. The largest absolute Gasteiger partial charge is 0.314 e. The van der Waals surface area contributed by atoms with E-state index in [0.29, 0.717) is 30.4 Å². The zero-order chi connectivity index (χ0) is 22.3. The summed E-state index contributed by atoms with van der Waals surface area (Å²) in [5, 5.41) is 9.84. The van der Waals surface area contributed by atoms with Crippen LogP contribution >= 0.6 is 0 Å². The van der Waals surface area contributed by atoms with Gasteiger partial charge in [0.15, 0.2) is 0 Å². The van der Waals surface area contributed by atoms with Crippen LogP contribution in [-0.4, -0.2) is 31.4 Å². The zero-order valence-corrected chi connectivity index (χ0v) is 18.6. The maximum absolute atomic E-state index is 13.1. The highest BCUT2D eigenvalue weighted by atomic mass is 16.1. The van der Waals surface area contributed by atoms with Crippen LogP contribution in [0.3, 0.4) is 0 Å². The number of hydrogen-bond acceptors (Lipinski definition) is 4. The third-order valence-corrected chi connectivity index (χ3v) is 6.21. The number of benzene rings is 1. The van der Waals surface area contributed by atoms with Gasteiger partial charge in [0.2, 0.25) is 5.95 Å². The van der Waals surface area contributed by atoms with E-state index >= 15 is 0 Å². The van der Waals surface area contributed by atoms with E-state index in [9.17, 15) is 9.59 Å². The second kappa shape index (κ2) is 10.4. The van der Waals surface area contributed by atoms with Gasteiger partial charge in [-0.3, -0.25) is 20.0 Å². The van der Waals surface area contributed by atoms with Crippen LogP contribution in [0.15, 0.2) is 42.9 Å². The van der Waals surface area contributed by atoms with Crippen molar-refractivity contribution < 1.29 is 9.59 Å². The topological polar surface area (TPSA) is 92.7 Å². The third-order valence-electron chi connectivity index (χ3n) is 6.21. The number of amides is 1. The fraction of sp³-hybridized carbons (Fsp3) is 0.440. The summed E-state index contributed by atoms with van der Waals surface area (Å²) in [6.45, 7) is 1.90. The number of Topliss-reactive ketones (excluding diaryl/α,β-unsaturated/α-hetero) is 1. The molecule has 1 fully saturated rings. The lowest BCUT2D eigenvalue weighted by atomic mass is 9.95. The number of rotatable bonds is 9. The molecule has 0 aliphatic heterocycles. The van der Waals surface area contributed by atoms with Crippen molar-refractivity contribution in [3.8, 4) is 11.1 Å². The summed E-state index contributed by atoms with van der Waals surface area (Å²) in [5.74, 6) is 0.709. The SMILES string of the molecule is CCC(=O)CCCc1cn(C2CCCCC2)c(NC(=O)c2cccc(-c3cn[nH]c3)c2)n1. The van der Waals surface area contributed by atoms with Crippen LogP contribution in [0.4, 0.5) is 5.95 Å². The van der Waals surface area contributed by atoms with E-state index in [-0.39, 0.29) is 11.7 Å². The summed E-state index contributed by atoms with van der Waals surface area (Å²) in [6.07, 6.45) is 14.2. The van der Waals surface area contributed by atoms with Crippen molar-refractivity contribution in [2.75, 3.05) is 5.32 Å². The number of carbonyl (C=O) groups is 2. The molecule has 1 amide bonds. The molecule has 1 aliphatic carbocycles. The van der Waals surface area contributed by atoms with Gasteiger partial charge < -0.3 is 4.57 Å². The number of nitrogens with zero attached hydrogens (tertiary/aromatic N) is 3. The van der Waals surface area contributed by atoms with Crippen LogP contribution in [0.1, 0.15) is 80.4 Å². The van der Waals surface area contributed by atoms with Gasteiger partial charge in [0, 0.05) is 42.4 Å². The molecule has 0 saturated heterocycles. The number of carbonyl (C=O) groups excluding carboxylic acids is 2. The van der Waals surface area contributed by atoms with E-state index in [1.807, 2.05) is 37.4 Å². The van der Waals surface area contributed by atoms with E-state index in [4.69, 9.17) is 4.98 Å². The number of anilines is 1. The van der Waals surface area contributed by atoms with Gasteiger partial charge in [-0.1, -0.05) is 38.3 Å². The summed E-state index contributed by atoms with van der Waals surface area (Å²) in [4.78, 5) is 29.5. The molecule has 0 unspecified atom stereocenters. The van der Waals surface area contributed by atoms with Gasteiger partial charge in [-0.2, -0.15) is 5.10 Å². The molecule has 1 aliphatic rings. The summed E-state index contributed by atoms with van der Waals surface area (Å²) in [6, 6.07) is 7.87. The molecule has 0 spiro atoms. The average Bonchev–Trinajstić information content (AvgIpc) is 3.50. The first-order valence-electron chi connectivity index (χ1n) is 11.6. The monoisotopic (exact) mass is 433 g/mol. The predicted molar refractivity (Wildman–Crippen MR) is 125 cm³/mol. The fourth-order valence-corrected chi connectivity index (χ4v) is 4.36. The number of hydrogen-bond donors (Lipinski definition) is 2. The van der Waals surface area contributed by atoms with E-state index in [2.05, 4.69) is 26.3 Å². The summed E-state index contributed by atoms with van der Waals surface area (Å²) >= 11 is 0. The number of aryl methyl sites for hydroxylation is 1. The van der Waals surface area contributed by atoms with Crippen LogP contribution in [0, 0.1) is 0 Å². The van der Waals surface area contributed by atoms with Gasteiger partial charge in [-0.15, -0.1) is 0 Å². The first-order chi connectivity index (χ1) is 15.6. The van der Waals surface area contributed by atoms with Crippen molar-refractivity contribution in [2.24, 2.45) is 0 Å². The Morgan fingerprint density at radius 3 is 2.78 bits per heavy atom. The molecule has 0 radical (unpaired) electrons. The molecule has 1 saturated carbocycles. The third kappa shape index (κ3) is 5.33. The van der Waals surface area contributed by atoms with Crippen LogP contribution in [0.2, 0.25) is 0 Å². The number of imidazole rings is 1.